The molecule has 1 saturated heterocycles. The second kappa shape index (κ2) is 7.95. The molecule has 1 fully saturated rings. The number of carbonyl (C=O) groups excluding carboxylic acids is 1. The van der Waals surface area contributed by atoms with Crippen LogP contribution < -0.4 is 20.4 Å². The molecule has 1 aromatic heterocycles. The second-order valence-corrected chi connectivity index (χ2v) is 8.78. The third-order valence-electron chi connectivity index (χ3n) is 6.02. The molecular formula is C23H29NO6. The molecule has 0 radical (unpaired) electrons. The summed E-state index contributed by atoms with van der Waals surface area (Å²) in [5, 5.41) is 3.58. The maximum atomic E-state index is 12.3. The van der Waals surface area contributed by atoms with Crippen LogP contribution in [0.15, 0.2) is 15.3 Å². The Morgan fingerprint density at radius 2 is 2.10 bits per heavy atom. The Labute approximate surface area is 175 Å². The first kappa shape index (κ1) is 20.7. The summed E-state index contributed by atoms with van der Waals surface area (Å²) in [6.07, 6.45) is 3.62. The maximum Gasteiger partial charge on any atom is 0.339 e. The number of fused-ring (bicyclic) bond motifs is 3. The Hall–Kier alpha value is -2.54. The largest absolute Gasteiger partial charge is 0.487 e. The average molecular weight is 415 g/mol. The van der Waals surface area contributed by atoms with Gasteiger partial charge in [0.2, 0.25) is 0 Å². The summed E-state index contributed by atoms with van der Waals surface area (Å²) < 4.78 is 23.3. The van der Waals surface area contributed by atoms with E-state index < -0.39 is 0 Å². The highest BCUT2D eigenvalue weighted by molar-refractivity contribution is 5.92. The summed E-state index contributed by atoms with van der Waals surface area (Å²) in [6.45, 7) is 8.75. The summed E-state index contributed by atoms with van der Waals surface area (Å²) >= 11 is 0. The molecule has 0 saturated carbocycles. The summed E-state index contributed by atoms with van der Waals surface area (Å²) in [6, 6.07) is 1.82. The predicted molar refractivity (Wildman–Crippen MR) is 112 cm³/mol. The molecule has 1 N–H and O–H groups in total. The van der Waals surface area contributed by atoms with E-state index in [1.165, 1.54) is 0 Å². The molecule has 2 aromatic rings. The molecule has 2 aliphatic heterocycles. The molecule has 1 unspecified atom stereocenters. The van der Waals surface area contributed by atoms with Crippen LogP contribution in [0.2, 0.25) is 0 Å². The van der Waals surface area contributed by atoms with Gasteiger partial charge in [0.1, 0.15) is 22.7 Å². The van der Waals surface area contributed by atoms with Crippen LogP contribution in [-0.4, -0.2) is 37.4 Å². The van der Waals surface area contributed by atoms with Gasteiger partial charge < -0.3 is 23.9 Å². The van der Waals surface area contributed by atoms with Gasteiger partial charge in [-0.2, -0.15) is 0 Å². The zero-order valence-corrected chi connectivity index (χ0v) is 18.1. The maximum absolute atomic E-state index is 12.3. The number of rotatable bonds is 5. The lowest BCUT2D eigenvalue weighted by Gasteiger charge is -2.33. The molecule has 3 heterocycles. The van der Waals surface area contributed by atoms with Gasteiger partial charge in [-0.1, -0.05) is 0 Å². The van der Waals surface area contributed by atoms with Crippen molar-refractivity contribution >= 4 is 16.9 Å². The third kappa shape index (κ3) is 4.03. The van der Waals surface area contributed by atoms with E-state index in [0.717, 1.165) is 48.8 Å². The Morgan fingerprint density at radius 3 is 2.83 bits per heavy atom. The highest BCUT2D eigenvalue weighted by atomic mass is 16.5. The fourth-order valence-corrected chi connectivity index (χ4v) is 4.07. The molecule has 4 rings (SSSR count). The van der Waals surface area contributed by atoms with Crippen LogP contribution in [0.1, 0.15) is 49.8 Å². The minimum atomic E-state index is -0.363. The summed E-state index contributed by atoms with van der Waals surface area (Å²) in [5.74, 6) is 0.905. The van der Waals surface area contributed by atoms with Gasteiger partial charge in [-0.15, -0.1) is 0 Å². The number of ether oxygens (including phenoxy) is 3. The van der Waals surface area contributed by atoms with E-state index in [1.807, 2.05) is 26.8 Å². The van der Waals surface area contributed by atoms with Gasteiger partial charge in [0.15, 0.2) is 6.61 Å². The first-order valence-corrected chi connectivity index (χ1v) is 10.5. The van der Waals surface area contributed by atoms with Gasteiger partial charge in [-0.05, 0) is 58.9 Å². The van der Waals surface area contributed by atoms with E-state index in [2.05, 4.69) is 5.32 Å². The van der Waals surface area contributed by atoms with Gasteiger partial charge in [0.05, 0.1) is 11.5 Å². The fourth-order valence-electron chi connectivity index (χ4n) is 4.07. The zero-order valence-electron chi connectivity index (χ0n) is 18.1. The van der Waals surface area contributed by atoms with Crippen LogP contribution in [0, 0.1) is 13.8 Å². The molecule has 1 aromatic carbocycles. The number of carbonyl (C=O) groups is 1. The monoisotopic (exact) mass is 415 g/mol. The van der Waals surface area contributed by atoms with E-state index in [4.69, 9.17) is 18.6 Å². The van der Waals surface area contributed by atoms with Crippen molar-refractivity contribution in [3.63, 3.8) is 0 Å². The lowest BCUT2D eigenvalue weighted by Crippen LogP contribution is -2.35. The smallest absolute Gasteiger partial charge is 0.339 e. The SMILES string of the molecule is Cc1c(C)c2c(OCC(=O)NCC3CCCO3)cc3c(c2oc1=O)CCC(C)(C)O3. The lowest BCUT2D eigenvalue weighted by molar-refractivity contribution is -0.123. The second-order valence-electron chi connectivity index (χ2n) is 8.78. The molecule has 0 bridgehead atoms. The van der Waals surface area contributed by atoms with Crippen molar-refractivity contribution in [1.82, 2.24) is 5.32 Å². The van der Waals surface area contributed by atoms with Crippen LogP contribution in [0.3, 0.4) is 0 Å². The molecule has 0 aliphatic carbocycles. The van der Waals surface area contributed by atoms with Gasteiger partial charge in [-0.3, -0.25) is 4.79 Å². The van der Waals surface area contributed by atoms with Crippen LogP contribution >= 0.6 is 0 Å². The third-order valence-corrected chi connectivity index (χ3v) is 6.02. The number of hydrogen-bond acceptors (Lipinski definition) is 6. The molecule has 162 valence electrons. The van der Waals surface area contributed by atoms with E-state index in [0.29, 0.717) is 29.2 Å². The van der Waals surface area contributed by atoms with Gasteiger partial charge >= 0.3 is 5.63 Å². The van der Waals surface area contributed by atoms with Crippen molar-refractivity contribution in [2.75, 3.05) is 19.8 Å². The van der Waals surface area contributed by atoms with E-state index in [-0.39, 0.29) is 29.8 Å². The standard InChI is InChI=1S/C23H29NO6/c1-13-14(2)22(26)29-21-16-7-8-23(3,4)30-17(16)10-18(20(13)21)28-12-19(25)24-11-15-6-5-9-27-15/h10,15H,5-9,11-12H2,1-4H3,(H,24,25). The van der Waals surface area contributed by atoms with Gasteiger partial charge in [0.25, 0.3) is 5.91 Å². The molecule has 7 nitrogen and oxygen atoms in total. The van der Waals surface area contributed by atoms with Crippen LogP contribution in [0.5, 0.6) is 11.5 Å². The summed E-state index contributed by atoms with van der Waals surface area (Å²) in [5.41, 5.74) is 2.01. The normalized spacial score (nSPS) is 19.9. The van der Waals surface area contributed by atoms with Crippen LogP contribution in [-0.2, 0) is 16.0 Å². The number of aryl methyl sites for hydroxylation is 2. The van der Waals surface area contributed by atoms with Crippen molar-refractivity contribution in [3.8, 4) is 11.5 Å². The minimum Gasteiger partial charge on any atom is -0.487 e. The van der Waals surface area contributed by atoms with Crippen molar-refractivity contribution in [1.29, 1.82) is 0 Å². The van der Waals surface area contributed by atoms with E-state index in [9.17, 15) is 9.59 Å². The average Bonchev–Trinajstić information content (AvgIpc) is 3.21. The molecule has 7 heteroatoms. The number of nitrogens with one attached hydrogen (secondary N) is 1. The molecule has 0 spiro atoms. The summed E-state index contributed by atoms with van der Waals surface area (Å²) in [7, 11) is 0. The lowest BCUT2D eigenvalue weighted by atomic mass is 9.92. The summed E-state index contributed by atoms with van der Waals surface area (Å²) in [4.78, 5) is 24.6. The molecule has 30 heavy (non-hydrogen) atoms. The molecule has 1 atom stereocenters. The highest BCUT2D eigenvalue weighted by Crippen LogP contribution is 2.43. The number of amides is 1. The van der Waals surface area contributed by atoms with Crippen molar-refractivity contribution in [3.05, 3.63) is 33.2 Å². The topological polar surface area (TPSA) is 87.0 Å². The van der Waals surface area contributed by atoms with Gasteiger partial charge in [0, 0.05) is 30.3 Å². The van der Waals surface area contributed by atoms with Gasteiger partial charge in [-0.25, -0.2) is 4.79 Å². The zero-order chi connectivity index (χ0) is 21.5. The molecule has 1 amide bonds. The first-order chi connectivity index (χ1) is 14.2. The number of benzene rings is 1. The predicted octanol–water partition coefficient (Wildman–Crippen LogP) is 3.19. The van der Waals surface area contributed by atoms with E-state index in [1.54, 1.807) is 6.92 Å². The minimum absolute atomic E-state index is 0.0772. The van der Waals surface area contributed by atoms with Crippen LogP contribution in [0.4, 0.5) is 0 Å². The van der Waals surface area contributed by atoms with Crippen molar-refractivity contribution in [2.45, 2.75) is 65.1 Å². The Morgan fingerprint density at radius 1 is 1.30 bits per heavy atom. The molecule has 2 aliphatic rings. The first-order valence-electron chi connectivity index (χ1n) is 10.5. The highest BCUT2D eigenvalue weighted by Gasteiger charge is 2.31. The van der Waals surface area contributed by atoms with Crippen molar-refractivity contribution < 1.29 is 23.4 Å². The van der Waals surface area contributed by atoms with Crippen LogP contribution in [0.25, 0.3) is 11.0 Å². The Kier molecular flexibility index (Phi) is 5.49. The van der Waals surface area contributed by atoms with Crippen molar-refractivity contribution in [2.24, 2.45) is 0 Å². The Bertz CT molecular complexity index is 1030. The van der Waals surface area contributed by atoms with E-state index >= 15 is 0 Å². The fraction of sp³-hybridized carbons (Fsp3) is 0.565. The number of hydrogen-bond donors (Lipinski definition) is 1. The quantitative estimate of drug-likeness (QED) is 0.755. The molecular weight excluding hydrogens is 386 g/mol. The Balaban J connectivity index is 1.63.